The van der Waals surface area contributed by atoms with Crippen molar-refractivity contribution in [3.8, 4) is 11.5 Å². The quantitative estimate of drug-likeness (QED) is 0.642. The van der Waals surface area contributed by atoms with Crippen LogP contribution in [0.25, 0.3) is 0 Å². The summed E-state index contributed by atoms with van der Waals surface area (Å²) in [5.41, 5.74) is 0. The summed E-state index contributed by atoms with van der Waals surface area (Å²) >= 11 is 0. The molecule has 7 heteroatoms. The van der Waals surface area contributed by atoms with E-state index >= 15 is 0 Å². The molecule has 0 spiro atoms. The van der Waals surface area contributed by atoms with Gasteiger partial charge in [-0.05, 0) is 24.3 Å². The summed E-state index contributed by atoms with van der Waals surface area (Å²) in [6.07, 6.45) is 0. The fourth-order valence-electron chi connectivity index (χ4n) is 1.66. The first-order chi connectivity index (χ1) is 10.2. The third-order valence-electron chi connectivity index (χ3n) is 2.70. The zero-order chi connectivity index (χ0) is 14.9. The van der Waals surface area contributed by atoms with Gasteiger partial charge >= 0.3 is 0 Å². The number of amides is 2. The maximum absolute atomic E-state index is 11.5. The van der Waals surface area contributed by atoms with Crippen molar-refractivity contribution in [3.05, 3.63) is 24.3 Å². The minimum absolute atomic E-state index is 0.0553. The summed E-state index contributed by atoms with van der Waals surface area (Å²) in [5.74, 6) is 0.693. The molecule has 2 aliphatic rings. The number of hydrogen-bond acceptors (Lipinski definition) is 5. The lowest BCUT2D eigenvalue weighted by molar-refractivity contribution is -0.123. The maximum atomic E-state index is 11.5. The first-order valence-electron chi connectivity index (χ1n) is 6.71. The Morgan fingerprint density at radius 2 is 1.19 bits per heavy atom. The van der Waals surface area contributed by atoms with Crippen LogP contribution in [0.1, 0.15) is 0 Å². The zero-order valence-electron chi connectivity index (χ0n) is 11.6. The highest BCUT2D eigenvalue weighted by Crippen LogP contribution is 2.17. The first kappa shape index (κ1) is 15.1. The SMILES string of the molecule is O=C1COc2ccc(cc2)OCC(=O)NCCOCCN1. The van der Waals surface area contributed by atoms with Crippen molar-refractivity contribution < 1.29 is 23.8 Å². The van der Waals surface area contributed by atoms with Gasteiger partial charge in [0.15, 0.2) is 13.2 Å². The fourth-order valence-corrected chi connectivity index (χ4v) is 1.66. The lowest BCUT2D eigenvalue weighted by Gasteiger charge is -2.08. The van der Waals surface area contributed by atoms with Crippen LogP contribution < -0.4 is 20.1 Å². The van der Waals surface area contributed by atoms with Gasteiger partial charge in [0.25, 0.3) is 11.8 Å². The predicted molar refractivity (Wildman–Crippen MR) is 74.3 cm³/mol. The van der Waals surface area contributed by atoms with Crippen LogP contribution in [0.4, 0.5) is 0 Å². The minimum atomic E-state index is -0.212. The van der Waals surface area contributed by atoms with E-state index in [1.54, 1.807) is 24.3 Å². The van der Waals surface area contributed by atoms with E-state index in [-0.39, 0.29) is 25.0 Å². The number of hydrogen-bond donors (Lipinski definition) is 2. The molecule has 0 unspecified atom stereocenters. The van der Waals surface area contributed by atoms with Crippen LogP contribution in [0.5, 0.6) is 11.5 Å². The van der Waals surface area contributed by atoms with Crippen LogP contribution in [0, 0.1) is 0 Å². The van der Waals surface area contributed by atoms with E-state index in [1.807, 2.05) is 0 Å². The second-order valence-electron chi connectivity index (χ2n) is 4.36. The number of benzene rings is 1. The van der Waals surface area contributed by atoms with Gasteiger partial charge in [0.05, 0.1) is 13.2 Å². The van der Waals surface area contributed by atoms with E-state index < -0.39 is 0 Å². The van der Waals surface area contributed by atoms with Crippen molar-refractivity contribution in [2.24, 2.45) is 0 Å². The highest BCUT2D eigenvalue weighted by Gasteiger charge is 2.05. The molecular weight excluding hydrogens is 276 g/mol. The average Bonchev–Trinajstić information content (AvgIpc) is 2.50. The van der Waals surface area contributed by atoms with Crippen LogP contribution in [0.2, 0.25) is 0 Å². The first-order valence-corrected chi connectivity index (χ1v) is 6.71. The Labute approximate surface area is 122 Å². The second kappa shape index (κ2) is 8.11. The average molecular weight is 294 g/mol. The molecule has 0 aliphatic carbocycles. The van der Waals surface area contributed by atoms with Crippen molar-refractivity contribution in [2.45, 2.75) is 0 Å². The summed E-state index contributed by atoms with van der Waals surface area (Å²) in [4.78, 5) is 23.0. The van der Waals surface area contributed by atoms with Gasteiger partial charge in [0.1, 0.15) is 11.5 Å². The molecule has 2 bridgehead atoms. The monoisotopic (exact) mass is 294 g/mol. The molecule has 0 aromatic heterocycles. The highest BCUT2D eigenvalue weighted by atomic mass is 16.5. The Kier molecular flexibility index (Phi) is 5.83. The van der Waals surface area contributed by atoms with E-state index in [1.165, 1.54) is 0 Å². The highest BCUT2D eigenvalue weighted by molar-refractivity contribution is 5.77. The van der Waals surface area contributed by atoms with E-state index in [9.17, 15) is 9.59 Å². The molecule has 0 saturated carbocycles. The van der Waals surface area contributed by atoms with Crippen molar-refractivity contribution >= 4 is 11.8 Å². The summed E-state index contributed by atoms with van der Waals surface area (Å²) in [7, 11) is 0. The lowest BCUT2D eigenvalue weighted by atomic mass is 10.3. The number of carbonyl (C=O) groups excluding carboxylic acids is 2. The van der Waals surface area contributed by atoms with Gasteiger partial charge in [0, 0.05) is 13.1 Å². The predicted octanol–water partition coefficient (Wildman–Crippen LogP) is -0.293. The maximum Gasteiger partial charge on any atom is 0.258 e. The standard InChI is InChI=1S/C14H18N2O5/c17-13-9-20-11-1-2-12(4-3-11)21-10-14(18)16-6-8-19-7-5-15-13/h1-4H,5-10H2,(H,15,17)(H,16,18). The molecule has 2 N–H and O–H groups in total. The summed E-state index contributed by atoms with van der Waals surface area (Å²) in [6.45, 7) is 1.45. The van der Waals surface area contributed by atoms with Crippen molar-refractivity contribution in [1.82, 2.24) is 10.6 Å². The van der Waals surface area contributed by atoms with Crippen LogP contribution in [0.3, 0.4) is 0 Å². The molecule has 114 valence electrons. The van der Waals surface area contributed by atoms with Gasteiger partial charge in [-0.3, -0.25) is 9.59 Å². The molecule has 2 amide bonds. The molecule has 0 saturated heterocycles. The van der Waals surface area contributed by atoms with Gasteiger partial charge in [0.2, 0.25) is 0 Å². The minimum Gasteiger partial charge on any atom is -0.484 e. The van der Waals surface area contributed by atoms with Gasteiger partial charge in [-0.2, -0.15) is 0 Å². The Morgan fingerprint density at radius 1 is 0.762 bits per heavy atom. The van der Waals surface area contributed by atoms with Crippen molar-refractivity contribution in [2.75, 3.05) is 39.5 Å². The Bertz CT molecular complexity index is 432. The topological polar surface area (TPSA) is 85.9 Å². The number of nitrogens with one attached hydrogen (secondary N) is 2. The van der Waals surface area contributed by atoms with Crippen LogP contribution in [-0.4, -0.2) is 51.3 Å². The number of ether oxygens (including phenoxy) is 3. The fraction of sp³-hybridized carbons (Fsp3) is 0.429. The Morgan fingerprint density at radius 3 is 1.62 bits per heavy atom. The number of fused-ring (bicyclic) bond motifs is 14. The number of carbonyl (C=O) groups is 2. The molecule has 1 aromatic carbocycles. The molecule has 2 aliphatic heterocycles. The molecule has 0 radical (unpaired) electrons. The van der Waals surface area contributed by atoms with E-state index in [0.29, 0.717) is 37.8 Å². The van der Waals surface area contributed by atoms with E-state index in [0.717, 1.165) is 0 Å². The lowest BCUT2D eigenvalue weighted by Crippen LogP contribution is -2.33. The second-order valence-corrected chi connectivity index (χ2v) is 4.36. The zero-order valence-corrected chi connectivity index (χ0v) is 11.6. The molecule has 21 heavy (non-hydrogen) atoms. The molecule has 3 rings (SSSR count). The molecule has 0 atom stereocenters. The van der Waals surface area contributed by atoms with Gasteiger partial charge in [-0.15, -0.1) is 0 Å². The third-order valence-corrected chi connectivity index (χ3v) is 2.70. The van der Waals surface area contributed by atoms with Gasteiger partial charge < -0.3 is 24.8 Å². The van der Waals surface area contributed by atoms with Crippen LogP contribution >= 0.6 is 0 Å². The molecule has 1 aromatic rings. The van der Waals surface area contributed by atoms with Crippen molar-refractivity contribution in [1.29, 1.82) is 0 Å². The van der Waals surface area contributed by atoms with Crippen LogP contribution in [0.15, 0.2) is 24.3 Å². The summed E-state index contributed by atoms with van der Waals surface area (Å²) in [6, 6.07) is 6.73. The van der Waals surface area contributed by atoms with Crippen molar-refractivity contribution in [3.63, 3.8) is 0 Å². The van der Waals surface area contributed by atoms with Crippen LogP contribution in [-0.2, 0) is 14.3 Å². The van der Waals surface area contributed by atoms with E-state index in [2.05, 4.69) is 10.6 Å². The largest absolute Gasteiger partial charge is 0.484 e. The molecule has 7 nitrogen and oxygen atoms in total. The smallest absolute Gasteiger partial charge is 0.258 e. The van der Waals surface area contributed by atoms with Gasteiger partial charge in [-0.1, -0.05) is 0 Å². The summed E-state index contributed by atoms with van der Waals surface area (Å²) in [5, 5.41) is 5.35. The Balaban J connectivity index is 1.93. The number of rotatable bonds is 0. The molecule has 2 heterocycles. The summed E-state index contributed by atoms with van der Waals surface area (Å²) < 4.78 is 15.9. The third kappa shape index (κ3) is 5.70. The Hall–Kier alpha value is -2.28. The normalized spacial score (nSPS) is 17.9. The molecular formula is C14H18N2O5. The van der Waals surface area contributed by atoms with Gasteiger partial charge in [-0.25, -0.2) is 0 Å². The van der Waals surface area contributed by atoms with E-state index in [4.69, 9.17) is 14.2 Å². The molecule has 0 fully saturated rings.